The number of aromatic nitrogens is 2. The van der Waals surface area contributed by atoms with Crippen molar-refractivity contribution in [2.45, 2.75) is 25.2 Å². The van der Waals surface area contributed by atoms with Gasteiger partial charge in [-0.05, 0) is 30.5 Å². The Kier molecular flexibility index (Phi) is 3.42. The molecule has 0 unspecified atom stereocenters. The van der Waals surface area contributed by atoms with Crippen molar-refractivity contribution in [3.8, 4) is 0 Å². The van der Waals surface area contributed by atoms with E-state index < -0.39 is 0 Å². The summed E-state index contributed by atoms with van der Waals surface area (Å²) in [7, 11) is 0. The number of hydrogen-bond acceptors (Lipinski definition) is 6. The third-order valence-electron chi connectivity index (χ3n) is 4.50. The van der Waals surface area contributed by atoms with E-state index in [0.717, 1.165) is 29.7 Å². The van der Waals surface area contributed by atoms with Crippen LogP contribution in [0, 0.1) is 0 Å². The molecular weight excluding hydrogens is 326 g/mol. The van der Waals surface area contributed by atoms with Crippen molar-refractivity contribution in [1.82, 2.24) is 9.97 Å². The third-order valence-corrected chi connectivity index (χ3v) is 4.75. The van der Waals surface area contributed by atoms with Gasteiger partial charge in [0.15, 0.2) is 5.78 Å². The number of carbonyl (C=O) groups is 1. The first-order valence-corrected chi connectivity index (χ1v) is 8.14. The van der Waals surface area contributed by atoms with E-state index in [1.165, 1.54) is 0 Å². The number of allylic oxidation sites excluding steroid dienone is 2. The number of Topliss-reactive ketones (excluding diaryl/α,β-unsaturated/α-hetero) is 1. The van der Waals surface area contributed by atoms with Crippen molar-refractivity contribution in [1.29, 1.82) is 0 Å². The Bertz CT molecular complexity index is 875. The van der Waals surface area contributed by atoms with Gasteiger partial charge < -0.3 is 16.8 Å². The van der Waals surface area contributed by atoms with E-state index in [-0.39, 0.29) is 23.5 Å². The fourth-order valence-electron chi connectivity index (χ4n) is 3.49. The second-order valence-corrected chi connectivity index (χ2v) is 6.44. The summed E-state index contributed by atoms with van der Waals surface area (Å²) in [5.74, 6) is 0.801. The lowest BCUT2D eigenvalue weighted by Crippen LogP contribution is -2.28. The molecule has 6 nitrogen and oxygen atoms in total. The highest BCUT2D eigenvalue weighted by Crippen LogP contribution is 2.46. The quantitative estimate of drug-likeness (QED) is 0.736. The van der Waals surface area contributed by atoms with E-state index in [1.54, 1.807) is 12.1 Å². The molecule has 24 heavy (non-hydrogen) atoms. The molecule has 7 heteroatoms. The van der Waals surface area contributed by atoms with Gasteiger partial charge in [-0.1, -0.05) is 23.7 Å². The Morgan fingerprint density at radius 3 is 2.62 bits per heavy atom. The van der Waals surface area contributed by atoms with Crippen LogP contribution in [0.3, 0.4) is 0 Å². The second-order valence-electron chi connectivity index (χ2n) is 6.01. The molecule has 122 valence electrons. The Morgan fingerprint density at radius 1 is 1.12 bits per heavy atom. The van der Waals surface area contributed by atoms with Crippen LogP contribution in [0.15, 0.2) is 35.5 Å². The number of hydrogen-bond donors (Lipinski definition) is 3. The SMILES string of the molecule is Nc1nc(N)c2c(n1)NC1=C(C(=O)CCC1)[C@H]2c1ccc(Cl)cc1. The first kappa shape index (κ1) is 15.0. The van der Waals surface area contributed by atoms with Crippen LogP contribution < -0.4 is 16.8 Å². The van der Waals surface area contributed by atoms with Crippen LogP contribution in [-0.4, -0.2) is 15.8 Å². The molecule has 2 aromatic rings. The van der Waals surface area contributed by atoms with E-state index in [2.05, 4.69) is 15.3 Å². The van der Waals surface area contributed by atoms with Gasteiger partial charge in [0.25, 0.3) is 0 Å². The van der Waals surface area contributed by atoms with E-state index in [0.29, 0.717) is 22.8 Å². The number of fused-ring (bicyclic) bond motifs is 1. The Labute approximate surface area is 143 Å². The number of nitrogens with one attached hydrogen (secondary N) is 1. The highest BCUT2D eigenvalue weighted by Gasteiger charge is 2.37. The van der Waals surface area contributed by atoms with Gasteiger partial charge in [-0.2, -0.15) is 9.97 Å². The summed E-state index contributed by atoms with van der Waals surface area (Å²) < 4.78 is 0. The molecule has 0 fully saturated rings. The minimum absolute atomic E-state index is 0.111. The van der Waals surface area contributed by atoms with Crippen molar-refractivity contribution in [2.24, 2.45) is 0 Å². The van der Waals surface area contributed by atoms with E-state index in [1.807, 2.05) is 12.1 Å². The standard InChI is InChI=1S/C17H16ClN5O/c18-9-6-4-8(5-7-9)12-13-10(2-1-3-11(13)24)21-16-14(12)15(19)22-17(20)23-16/h4-7,12H,1-3H2,(H5,19,20,21,22,23)/t12-/m1/s1. The number of rotatable bonds is 1. The highest BCUT2D eigenvalue weighted by molar-refractivity contribution is 6.30. The average Bonchev–Trinajstić information content (AvgIpc) is 2.54. The van der Waals surface area contributed by atoms with Gasteiger partial charge >= 0.3 is 0 Å². The third kappa shape index (κ3) is 2.30. The molecule has 0 radical (unpaired) electrons. The van der Waals surface area contributed by atoms with Gasteiger partial charge in [-0.3, -0.25) is 4.79 Å². The number of ketones is 1. The van der Waals surface area contributed by atoms with Crippen LogP contribution in [0.25, 0.3) is 0 Å². The number of anilines is 3. The fraction of sp³-hybridized carbons (Fsp3) is 0.235. The second kappa shape index (κ2) is 5.49. The Morgan fingerprint density at radius 2 is 1.88 bits per heavy atom. The summed E-state index contributed by atoms with van der Waals surface area (Å²) in [6.45, 7) is 0. The minimum atomic E-state index is -0.304. The molecule has 0 bridgehead atoms. The average molecular weight is 342 g/mol. The molecule has 0 spiro atoms. The zero-order valence-electron chi connectivity index (χ0n) is 12.8. The molecule has 4 rings (SSSR count). The Hall–Kier alpha value is -2.60. The van der Waals surface area contributed by atoms with Crippen LogP contribution in [0.5, 0.6) is 0 Å². The number of carbonyl (C=O) groups excluding carboxylic acids is 1. The summed E-state index contributed by atoms with van der Waals surface area (Å²) in [6.07, 6.45) is 2.16. The molecule has 0 saturated carbocycles. The monoisotopic (exact) mass is 341 g/mol. The zero-order chi connectivity index (χ0) is 16.8. The fourth-order valence-corrected chi connectivity index (χ4v) is 3.61. The van der Waals surface area contributed by atoms with Gasteiger partial charge in [0.05, 0.1) is 0 Å². The molecule has 1 aromatic heterocycles. The van der Waals surface area contributed by atoms with Crippen LogP contribution in [0.4, 0.5) is 17.6 Å². The van der Waals surface area contributed by atoms with Crippen molar-refractivity contribution >= 4 is 35.0 Å². The van der Waals surface area contributed by atoms with Crippen molar-refractivity contribution in [2.75, 3.05) is 16.8 Å². The summed E-state index contributed by atoms with van der Waals surface area (Å²) in [4.78, 5) is 21.0. The Balaban J connectivity index is 1.97. The van der Waals surface area contributed by atoms with Crippen molar-refractivity contribution < 1.29 is 4.79 Å². The maximum Gasteiger partial charge on any atom is 0.223 e. The normalized spacial score (nSPS) is 19.5. The number of halogens is 1. The largest absolute Gasteiger partial charge is 0.383 e. The van der Waals surface area contributed by atoms with Crippen LogP contribution in [0.2, 0.25) is 5.02 Å². The van der Waals surface area contributed by atoms with Gasteiger partial charge in [-0.15, -0.1) is 0 Å². The first-order valence-electron chi connectivity index (χ1n) is 7.76. The lowest BCUT2D eigenvalue weighted by atomic mass is 9.76. The summed E-state index contributed by atoms with van der Waals surface area (Å²) in [5.41, 5.74) is 15.2. The molecule has 0 saturated heterocycles. The number of benzene rings is 1. The molecule has 5 N–H and O–H groups in total. The lowest BCUT2D eigenvalue weighted by Gasteiger charge is -2.33. The maximum atomic E-state index is 12.6. The van der Waals surface area contributed by atoms with Gasteiger partial charge in [0.2, 0.25) is 5.95 Å². The van der Waals surface area contributed by atoms with Crippen molar-refractivity contribution in [3.63, 3.8) is 0 Å². The minimum Gasteiger partial charge on any atom is -0.383 e. The molecule has 1 atom stereocenters. The van der Waals surface area contributed by atoms with E-state index in [4.69, 9.17) is 23.1 Å². The molecule has 1 aliphatic carbocycles. The van der Waals surface area contributed by atoms with E-state index in [9.17, 15) is 4.79 Å². The van der Waals surface area contributed by atoms with Crippen LogP contribution in [0.1, 0.15) is 36.3 Å². The zero-order valence-corrected chi connectivity index (χ0v) is 13.6. The number of nitrogens with zero attached hydrogens (tertiary/aromatic N) is 2. The molecular formula is C17H16ClN5O. The van der Waals surface area contributed by atoms with Gasteiger partial charge in [0, 0.05) is 34.2 Å². The molecule has 2 aliphatic rings. The summed E-state index contributed by atoms with van der Waals surface area (Å²) >= 11 is 6.01. The summed E-state index contributed by atoms with van der Waals surface area (Å²) in [6, 6.07) is 7.43. The smallest absolute Gasteiger partial charge is 0.223 e. The summed E-state index contributed by atoms with van der Waals surface area (Å²) in [5, 5.41) is 3.88. The highest BCUT2D eigenvalue weighted by atomic mass is 35.5. The van der Waals surface area contributed by atoms with E-state index >= 15 is 0 Å². The maximum absolute atomic E-state index is 12.6. The van der Waals surface area contributed by atoms with Gasteiger partial charge in [-0.25, -0.2) is 0 Å². The molecule has 1 aromatic carbocycles. The topological polar surface area (TPSA) is 107 Å². The molecule has 1 aliphatic heterocycles. The number of nitrogen functional groups attached to an aromatic ring is 2. The van der Waals surface area contributed by atoms with Crippen LogP contribution in [-0.2, 0) is 4.79 Å². The molecule has 2 heterocycles. The number of nitrogens with two attached hydrogens (primary N) is 2. The predicted molar refractivity (Wildman–Crippen MR) is 93.7 cm³/mol. The van der Waals surface area contributed by atoms with Gasteiger partial charge in [0.1, 0.15) is 11.6 Å². The molecule has 0 amide bonds. The predicted octanol–water partition coefficient (Wildman–Crippen LogP) is 2.86. The first-order chi connectivity index (χ1) is 11.5. The lowest BCUT2D eigenvalue weighted by molar-refractivity contribution is -0.116. The van der Waals surface area contributed by atoms with Crippen LogP contribution >= 0.6 is 11.6 Å². The van der Waals surface area contributed by atoms with Crippen molar-refractivity contribution in [3.05, 3.63) is 51.7 Å².